The van der Waals surface area contributed by atoms with Crippen molar-refractivity contribution in [1.82, 2.24) is 10.3 Å². The molecule has 2 rings (SSSR count). The quantitative estimate of drug-likeness (QED) is 0.911. The van der Waals surface area contributed by atoms with Crippen molar-refractivity contribution in [3.63, 3.8) is 0 Å². The summed E-state index contributed by atoms with van der Waals surface area (Å²) in [6.45, 7) is 3.00. The van der Waals surface area contributed by atoms with Gasteiger partial charge in [-0.3, -0.25) is 0 Å². The Hall–Kier alpha value is -1.58. The molecule has 1 aromatic carbocycles. The molecule has 0 aliphatic carbocycles. The summed E-state index contributed by atoms with van der Waals surface area (Å²) in [4.78, 5) is 6.68. The van der Waals surface area contributed by atoms with Gasteiger partial charge in [-0.2, -0.15) is 0 Å². The molecule has 1 unspecified atom stereocenters. The van der Waals surface area contributed by atoms with Crippen molar-refractivity contribution >= 4 is 17.4 Å². The van der Waals surface area contributed by atoms with E-state index in [9.17, 15) is 0 Å². The summed E-state index contributed by atoms with van der Waals surface area (Å²) < 4.78 is 0. The monoisotopic (exact) mass is 289 g/mol. The van der Waals surface area contributed by atoms with Gasteiger partial charge in [0.1, 0.15) is 5.82 Å². The fourth-order valence-electron chi connectivity index (χ4n) is 2.10. The number of hydrogen-bond acceptors (Lipinski definition) is 3. The summed E-state index contributed by atoms with van der Waals surface area (Å²) >= 11 is 5.93. The second kappa shape index (κ2) is 6.73. The van der Waals surface area contributed by atoms with Crippen LogP contribution in [0.25, 0.3) is 0 Å². The average molecular weight is 290 g/mol. The number of benzene rings is 1. The zero-order valence-electron chi connectivity index (χ0n) is 12.1. The van der Waals surface area contributed by atoms with E-state index in [-0.39, 0.29) is 6.04 Å². The highest BCUT2D eigenvalue weighted by Crippen LogP contribution is 2.24. The van der Waals surface area contributed by atoms with Gasteiger partial charge in [0.15, 0.2) is 0 Å². The molecule has 0 aliphatic heterocycles. The third kappa shape index (κ3) is 3.50. The molecule has 0 fully saturated rings. The van der Waals surface area contributed by atoms with Crippen molar-refractivity contribution in [3.8, 4) is 0 Å². The number of aromatic nitrogens is 1. The highest BCUT2D eigenvalue weighted by atomic mass is 35.5. The standard InChI is InChI=1S/C16H20ClN3/c1-12(14-5-7-15(17)8-6-14)20(3)16-9-4-13(10-18-2)11-19-16/h4-9,11-12,18H,10H2,1-3H3. The third-order valence-corrected chi connectivity index (χ3v) is 3.74. The van der Waals surface area contributed by atoms with E-state index in [2.05, 4.69) is 53.4 Å². The maximum absolute atomic E-state index is 5.93. The van der Waals surface area contributed by atoms with Gasteiger partial charge < -0.3 is 10.2 Å². The molecular formula is C16H20ClN3. The van der Waals surface area contributed by atoms with Crippen molar-refractivity contribution in [3.05, 3.63) is 58.7 Å². The molecule has 1 atom stereocenters. The lowest BCUT2D eigenvalue weighted by Gasteiger charge is -2.26. The Morgan fingerprint density at radius 3 is 2.45 bits per heavy atom. The summed E-state index contributed by atoms with van der Waals surface area (Å²) in [6.07, 6.45) is 1.91. The van der Waals surface area contributed by atoms with Crippen molar-refractivity contribution < 1.29 is 0 Å². The lowest BCUT2D eigenvalue weighted by atomic mass is 10.1. The molecule has 0 bridgehead atoms. The van der Waals surface area contributed by atoms with Gasteiger partial charge in [-0.05, 0) is 43.3 Å². The van der Waals surface area contributed by atoms with E-state index in [1.54, 1.807) is 0 Å². The molecule has 4 heteroatoms. The molecule has 106 valence electrons. The van der Waals surface area contributed by atoms with E-state index in [0.29, 0.717) is 0 Å². The van der Waals surface area contributed by atoms with Crippen LogP contribution in [-0.4, -0.2) is 19.1 Å². The number of nitrogens with one attached hydrogen (secondary N) is 1. The molecule has 0 spiro atoms. The number of nitrogens with zero attached hydrogens (tertiary/aromatic N) is 2. The minimum atomic E-state index is 0.245. The first-order chi connectivity index (χ1) is 9.61. The normalized spacial score (nSPS) is 12.2. The Morgan fingerprint density at radius 2 is 1.90 bits per heavy atom. The Kier molecular flexibility index (Phi) is 4.99. The Bertz CT molecular complexity index is 537. The molecule has 0 aliphatic rings. The summed E-state index contributed by atoms with van der Waals surface area (Å²) in [5, 5.41) is 3.88. The van der Waals surface area contributed by atoms with Crippen LogP contribution in [0, 0.1) is 0 Å². The molecule has 2 aromatic rings. The summed E-state index contributed by atoms with van der Waals surface area (Å²) in [7, 11) is 3.99. The van der Waals surface area contributed by atoms with Crippen molar-refractivity contribution in [1.29, 1.82) is 0 Å². The van der Waals surface area contributed by atoms with E-state index < -0.39 is 0 Å². The highest BCUT2D eigenvalue weighted by molar-refractivity contribution is 6.30. The van der Waals surface area contributed by atoms with Crippen LogP contribution in [0.1, 0.15) is 24.1 Å². The van der Waals surface area contributed by atoms with E-state index in [1.807, 2.05) is 25.4 Å². The number of anilines is 1. The van der Waals surface area contributed by atoms with Gasteiger partial charge in [0.2, 0.25) is 0 Å². The van der Waals surface area contributed by atoms with Gasteiger partial charge in [0.05, 0.1) is 6.04 Å². The molecule has 0 amide bonds. The molecule has 20 heavy (non-hydrogen) atoms. The van der Waals surface area contributed by atoms with Gasteiger partial charge >= 0.3 is 0 Å². The average Bonchev–Trinajstić information content (AvgIpc) is 2.48. The zero-order chi connectivity index (χ0) is 14.5. The van der Waals surface area contributed by atoms with Gasteiger partial charge in [-0.15, -0.1) is 0 Å². The van der Waals surface area contributed by atoms with Crippen LogP contribution < -0.4 is 10.2 Å². The molecule has 0 radical (unpaired) electrons. The van der Waals surface area contributed by atoms with Crippen molar-refractivity contribution in [2.75, 3.05) is 19.0 Å². The van der Waals surface area contributed by atoms with Crippen LogP contribution in [0.15, 0.2) is 42.6 Å². The predicted molar refractivity (Wildman–Crippen MR) is 85.3 cm³/mol. The summed E-state index contributed by atoms with van der Waals surface area (Å²) in [6, 6.07) is 12.4. The Morgan fingerprint density at radius 1 is 1.20 bits per heavy atom. The lowest BCUT2D eigenvalue weighted by Crippen LogP contribution is -2.22. The van der Waals surface area contributed by atoms with Gasteiger partial charge in [0, 0.05) is 24.8 Å². The molecule has 0 saturated heterocycles. The van der Waals surface area contributed by atoms with E-state index >= 15 is 0 Å². The maximum Gasteiger partial charge on any atom is 0.128 e. The maximum atomic E-state index is 5.93. The number of rotatable bonds is 5. The second-order valence-electron chi connectivity index (χ2n) is 4.89. The molecule has 1 aromatic heterocycles. The zero-order valence-corrected chi connectivity index (χ0v) is 12.9. The van der Waals surface area contributed by atoms with Crippen molar-refractivity contribution in [2.24, 2.45) is 0 Å². The molecule has 3 nitrogen and oxygen atoms in total. The van der Waals surface area contributed by atoms with Gasteiger partial charge in [0.25, 0.3) is 0 Å². The van der Waals surface area contributed by atoms with Crippen LogP contribution in [0.3, 0.4) is 0 Å². The first-order valence-electron chi connectivity index (χ1n) is 6.69. The Balaban J connectivity index is 2.13. The first-order valence-corrected chi connectivity index (χ1v) is 7.07. The second-order valence-corrected chi connectivity index (χ2v) is 5.33. The van der Waals surface area contributed by atoms with Crippen LogP contribution >= 0.6 is 11.6 Å². The highest BCUT2D eigenvalue weighted by Gasteiger charge is 2.13. The molecule has 1 N–H and O–H groups in total. The van der Waals surface area contributed by atoms with Gasteiger partial charge in [-0.1, -0.05) is 29.8 Å². The SMILES string of the molecule is CNCc1ccc(N(C)C(C)c2ccc(Cl)cc2)nc1. The molecular weight excluding hydrogens is 270 g/mol. The number of halogens is 1. The van der Waals surface area contributed by atoms with E-state index in [0.717, 1.165) is 17.4 Å². The van der Waals surface area contributed by atoms with Crippen LogP contribution in [0.4, 0.5) is 5.82 Å². The topological polar surface area (TPSA) is 28.2 Å². The lowest BCUT2D eigenvalue weighted by molar-refractivity contribution is 0.727. The third-order valence-electron chi connectivity index (χ3n) is 3.48. The van der Waals surface area contributed by atoms with E-state index in [1.165, 1.54) is 11.1 Å². The van der Waals surface area contributed by atoms with Crippen LogP contribution in [0.5, 0.6) is 0 Å². The summed E-state index contributed by atoms with van der Waals surface area (Å²) in [5.74, 6) is 0.965. The fraction of sp³-hybridized carbons (Fsp3) is 0.312. The smallest absolute Gasteiger partial charge is 0.128 e. The number of pyridine rings is 1. The minimum absolute atomic E-state index is 0.245. The van der Waals surface area contributed by atoms with Gasteiger partial charge in [-0.25, -0.2) is 4.98 Å². The van der Waals surface area contributed by atoms with Crippen LogP contribution in [-0.2, 0) is 6.54 Å². The fourth-order valence-corrected chi connectivity index (χ4v) is 2.22. The first kappa shape index (κ1) is 14.8. The largest absolute Gasteiger partial charge is 0.353 e. The molecule has 0 saturated carbocycles. The minimum Gasteiger partial charge on any atom is -0.353 e. The van der Waals surface area contributed by atoms with Crippen molar-refractivity contribution in [2.45, 2.75) is 19.5 Å². The Labute approximate surface area is 125 Å². The predicted octanol–water partition coefficient (Wildman–Crippen LogP) is 3.65. The molecule has 1 heterocycles. The number of hydrogen-bond donors (Lipinski definition) is 1. The summed E-state index contributed by atoms with van der Waals surface area (Å²) in [5.41, 5.74) is 2.40. The van der Waals surface area contributed by atoms with Crippen LogP contribution in [0.2, 0.25) is 5.02 Å². The van der Waals surface area contributed by atoms with E-state index in [4.69, 9.17) is 11.6 Å².